The molecule has 5 heteroatoms. The lowest BCUT2D eigenvalue weighted by Gasteiger charge is -2.08. The molecule has 17 heavy (non-hydrogen) atoms. The molecule has 0 saturated heterocycles. The van der Waals surface area contributed by atoms with Crippen LogP contribution in [0.3, 0.4) is 0 Å². The van der Waals surface area contributed by atoms with Gasteiger partial charge in [-0.3, -0.25) is 4.79 Å². The molecule has 0 aliphatic carbocycles. The predicted octanol–water partition coefficient (Wildman–Crippen LogP) is 4.24. The lowest BCUT2D eigenvalue weighted by Crippen LogP contribution is -2.26. The molecular formula is C12H14BrCl2NO. The first kappa shape index (κ1) is 14.8. The fraction of sp³-hybridized carbons (Fsp3) is 0.417. The Bertz CT molecular complexity index is 398. The highest BCUT2D eigenvalue weighted by Gasteiger charge is 2.08. The number of amides is 1. The first-order chi connectivity index (χ1) is 8.04. The zero-order chi connectivity index (χ0) is 12.8. The summed E-state index contributed by atoms with van der Waals surface area (Å²) >= 11 is 15.1. The van der Waals surface area contributed by atoms with E-state index >= 15 is 0 Å². The van der Waals surface area contributed by atoms with Gasteiger partial charge in [0.25, 0.3) is 5.91 Å². The molecule has 1 aromatic rings. The van der Waals surface area contributed by atoms with Crippen molar-refractivity contribution >= 4 is 45.0 Å². The molecule has 1 N–H and O–H groups in total. The maximum Gasteiger partial charge on any atom is 0.251 e. The van der Waals surface area contributed by atoms with Gasteiger partial charge >= 0.3 is 0 Å². The Kier molecular flexibility index (Phi) is 6.31. The van der Waals surface area contributed by atoms with E-state index in [0.717, 1.165) is 17.3 Å². The lowest BCUT2D eigenvalue weighted by atomic mass is 10.2. The minimum atomic E-state index is -0.109. The summed E-state index contributed by atoms with van der Waals surface area (Å²) in [6, 6.07) is 5.09. The SMILES string of the molecule is CCC(Cl)CCNC(=O)c1ccc(Cl)c(Br)c1. The number of alkyl halides is 1. The van der Waals surface area contributed by atoms with Crippen molar-refractivity contribution < 1.29 is 4.79 Å². The van der Waals surface area contributed by atoms with Crippen LogP contribution < -0.4 is 5.32 Å². The number of carbonyl (C=O) groups excluding carboxylic acids is 1. The van der Waals surface area contributed by atoms with Crippen LogP contribution in [0.25, 0.3) is 0 Å². The Balaban J connectivity index is 2.50. The van der Waals surface area contributed by atoms with Crippen LogP contribution in [0.2, 0.25) is 5.02 Å². The van der Waals surface area contributed by atoms with E-state index in [1.165, 1.54) is 0 Å². The molecule has 1 aromatic carbocycles. The topological polar surface area (TPSA) is 29.1 Å². The minimum Gasteiger partial charge on any atom is -0.352 e. The normalized spacial score (nSPS) is 12.2. The van der Waals surface area contributed by atoms with E-state index in [0.29, 0.717) is 17.1 Å². The van der Waals surface area contributed by atoms with Gasteiger partial charge in [-0.25, -0.2) is 0 Å². The molecule has 0 spiro atoms. The van der Waals surface area contributed by atoms with Gasteiger partial charge in [-0.2, -0.15) is 0 Å². The van der Waals surface area contributed by atoms with E-state index in [1.54, 1.807) is 18.2 Å². The second-order valence-corrected chi connectivity index (χ2v) is 5.56. The van der Waals surface area contributed by atoms with Crippen LogP contribution >= 0.6 is 39.1 Å². The van der Waals surface area contributed by atoms with Crippen molar-refractivity contribution in [1.29, 1.82) is 0 Å². The van der Waals surface area contributed by atoms with Crippen molar-refractivity contribution in [3.63, 3.8) is 0 Å². The molecule has 1 amide bonds. The number of carbonyl (C=O) groups is 1. The number of benzene rings is 1. The number of halogens is 3. The average molecular weight is 339 g/mol. The van der Waals surface area contributed by atoms with E-state index in [1.807, 2.05) is 6.92 Å². The largest absolute Gasteiger partial charge is 0.352 e. The summed E-state index contributed by atoms with van der Waals surface area (Å²) in [7, 11) is 0. The minimum absolute atomic E-state index is 0.109. The number of rotatable bonds is 5. The average Bonchev–Trinajstić information content (AvgIpc) is 2.32. The molecule has 0 aliphatic heterocycles. The Labute approximate surface area is 120 Å². The van der Waals surface area contributed by atoms with Crippen molar-refractivity contribution in [2.75, 3.05) is 6.54 Å². The third kappa shape index (κ3) is 4.86. The van der Waals surface area contributed by atoms with Gasteiger partial charge in [0.15, 0.2) is 0 Å². The van der Waals surface area contributed by atoms with Crippen LogP contribution in [0.1, 0.15) is 30.1 Å². The van der Waals surface area contributed by atoms with Crippen LogP contribution in [0, 0.1) is 0 Å². The number of hydrogen-bond acceptors (Lipinski definition) is 1. The monoisotopic (exact) mass is 337 g/mol. The molecule has 0 aromatic heterocycles. The van der Waals surface area contributed by atoms with Gasteiger partial charge < -0.3 is 5.32 Å². The molecule has 0 saturated carbocycles. The molecule has 0 bridgehead atoms. The van der Waals surface area contributed by atoms with Crippen molar-refractivity contribution in [2.45, 2.75) is 25.1 Å². The van der Waals surface area contributed by atoms with Gasteiger partial charge in [-0.15, -0.1) is 11.6 Å². The smallest absolute Gasteiger partial charge is 0.251 e. The molecule has 1 atom stereocenters. The summed E-state index contributed by atoms with van der Waals surface area (Å²) in [4.78, 5) is 11.8. The number of hydrogen-bond donors (Lipinski definition) is 1. The fourth-order valence-corrected chi connectivity index (χ4v) is 1.89. The van der Waals surface area contributed by atoms with Crippen LogP contribution in [0.4, 0.5) is 0 Å². The van der Waals surface area contributed by atoms with Crippen molar-refractivity contribution in [3.8, 4) is 0 Å². The van der Waals surface area contributed by atoms with Crippen LogP contribution in [-0.2, 0) is 0 Å². The zero-order valence-electron chi connectivity index (χ0n) is 9.47. The van der Waals surface area contributed by atoms with E-state index in [-0.39, 0.29) is 11.3 Å². The van der Waals surface area contributed by atoms with Gasteiger partial charge in [0.05, 0.1) is 5.02 Å². The summed E-state index contributed by atoms with van der Waals surface area (Å²) in [6.45, 7) is 2.61. The van der Waals surface area contributed by atoms with Gasteiger partial charge in [0.1, 0.15) is 0 Å². The second kappa shape index (κ2) is 7.24. The van der Waals surface area contributed by atoms with Crippen LogP contribution in [0.15, 0.2) is 22.7 Å². The summed E-state index contributed by atoms with van der Waals surface area (Å²) in [5, 5.41) is 3.53. The van der Waals surface area contributed by atoms with Crippen molar-refractivity contribution in [2.24, 2.45) is 0 Å². The summed E-state index contributed by atoms with van der Waals surface area (Å²) in [5.74, 6) is -0.109. The Morgan fingerprint density at radius 1 is 1.53 bits per heavy atom. The van der Waals surface area contributed by atoms with Crippen LogP contribution in [-0.4, -0.2) is 17.8 Å². The molecule has 94 valence electrons. The Hall–Kier alpha value is -0.250. The highest BCUT2D eigenvalue weighted by molar-refractivity contribution is 9.10. The van der Waals surface area contributed by atoms with Gasteiger partial charge in [-0.05, 0) is 47.0 Å². The molecule has 1 rings (SSSR count). The molecular weight excluding hydrogens is 325 g/mol. The van der Waals surface area contributed by atoms with Crippen molar-refractivity contribution in [1.82, 2.24) is 5.32 Å². The molecule has 0 heterocycles. The number of nitrogens with one attached hydrogen (secondary N) is 1. The first-order valence-corrected chi connectivity index (χ1v) is 7.02. The Morgan fingerprint density at radius 2 is 2.24 bits per heavy atom. The second-order valence-electron chi connectivity index (χ2n) is 3.68. The molecule has 0 fully saturated rings. The quantitative estimate of drug-likeness (QED) is 0.799. The van der Waals surface area contributed by atoms with Gasteiger partial charge in [-0.1, -0.05) is 18.5 Å². The third-order valence-corrected chi connectivity index (χ3v) is 4.11. The van der Waals surface area contributed by atoms with Crippen LogP contribution in [0.5, 0.6) is 0 Å². The maximum atomic E-state index is 11.8. The zero-order valence-corrected chi connectivity index (χ0v) is 12.6. The lowest BCUT2D eigenvalue weighted by molar-refractivity contribution is 0.0953. The predicted molar refractivity (Wildman–Crippen MR) is 76.0 cm³/mol. The summed E-state index contributed by atoms with van der Waals surface area (Å²) in [5.41, 5.74) is 0.587. The van der Waals surface area contributed by atoms with E-state index < -0.39 is 0 Å². The third-order valence-electron chi connectivity index (χ3n) is 2.37. The standard InChI is InChI=1S/C12H14BrCl2NO/c1-2-9(14)5-6-16-12(17)8-3-4-11(15)10(13)7-8/h3-4,7,9H,2,5-6H2,1H3,(H,16,17). The Morgan fingerprint density at radius 3 is 2.82 bits per heavy atom. The van der Waals surface area contributed by atoms with E-state index in [2.05, 4.69) is 21.2 Å². The van der Waals surface area contributed by atoms with Crippen molar-refractivity contribution in [3.05, 3.63) is 33.3 Å². The van der Waals surface area contributed by atoms with E-state index in [4.69, 9.17) is 23.2 Å². The van der Waals surface area contributed by atoms with Gasteiger partial charge in [0, 0.05) is 22.0 Å². The first-order valence-electron chi connectivity index (χ1n) is 5.42. The van der Waals surface area contributed by atoms with E-state index in [9.17, 15) is 4.79 Å². The van der Waals surface area contributed by atoms with Gasteiger partial charge in [0.2, 0.25) is 0 Å². The maximum absolute atomic E-state index is 11.8. The molecule has 0 radical (unpaired) electrons. The molecule has 0 aliphatic rings. The fourth-order valence-electron chi connectivity index (χ4n) is 1.29. The highest BCUT2D eigenvalue weighted by Crippen LogP contribution is 2.23. The summed E-state index contributed by atoms with van der Waals surface area (Å²) in [6.07, 6.45) is 1.68. The molecule has 2 nitrogen and oxygen atoms in total. The molecule has 1 unspecified atom stereocenters. The summed E-state index contributed by atoms with van der Waals surface area (Å²) < 4.78 is 0.718. The highest BCUT2D eigenvalue weighted by atomic mass is 79.9.